The van der Waals surface area contributed by atoms with Gasteiger partial charge in [0.2, 0.25) is 17.2 Å². The van der Waals surface area contributed by atoms with Crippen molar-refractivity contribution >= 4 is 34.6 Å². The minimum Gasteiger partial charge on any atom is -0.507 e. The summed E-state index contributed by atoms with van der Waals surface area (Å²) in [7, 11) is 2.83. The van der Waals surface area contributed by atoms with Gasteiger partial charge in [-0.05, 0) is 25.5 Å². The van der Waals surface area contributed by atoms with Crippen LogP contribution >= 0.6 is 11.6 Å². The van der Waals surface area contributed by atoms with Crippen molar-refractivity contribution in [3.8, 4) is 23.0 Å². The number of carbonyl (C=O) groups is 3. The number of allylic oxidation sites excluding steroid dienone is 1. The van der Waals surface area contributed by atoms with Crippen LogP contribution < -0.4 is 19.5 Å². The van der Waals surface area contributed by atoms with Gasteiger partial charge in [-0.2, -0.15) is 0 Å². The highest BCUT2D eigenvalue weighted by Gasteiger charge is 2.60. The molecule has 8 nitrogen and oxygen atoms in total. The SMILES string of the molecule is COc1cc(OC)c2c(c1Cl)O[C@@]1(C(=O)C=C(Nc3ccc(C(C)=O)c(O)c3)C[C@H]1C)C2=O. The van der Waals surface area contributed by atoms with Gasteiger partial charge in [0.25, 0.3) is 0 Å². The number of carbonyl (C=O) groups excluding carboxylic acids is 3. The van der Waals surface area contributed by atoms with Crippen LogP contribution in [-0.4, -0.2) is 42.3 Å². The molecule has 2 atom stereocenters. The molecule has 0 saturated carbocycles. The molecule has 2 aromatic carbocycles. The van der Waals surface area contributed by atoms with Crippen LogP contribution in [0.3, 0.4) is 0 Å². The van der Waals surface area contributed by atoms with Crippen molar-refractivity contribution in [2.45, 2.75) is 25.9 Å². The fourth-order valence-electron chi connectivity index (χ4n) is 4.31. The fourth-order valence-corrected chi connectivity index (χ4v) is 4.57. The number of aromatic hydroxyl groups is 1. The van der Waals surface area contributed by atoms with Gasteiger partial charge >= 0.3 is 0 Å². The first-order chi connectivity index (χ1) is 15.6. The first-order valence-electron chi connectivity index (χ1n) is 10.2. The summed E-state index contributed by atoms with van der Waals surface area (Å²) in [4.78, 5) is 38.3. The number of halogens is 1. The smallest absolute Gasteiger partial charge is 0.236 e. The second kappa shape index (κ2) is 8.12. The van der Waals surface area contributed by atoms with Crippen molar-refractivity contribution < 1.29 is 33.7 Å². The number of anilines is 1. The number of hydrogen-bond donors (Lipinski definition) is 2. The molecule has 1 spiro atoms. The van der Waals surface area contributed by atoms with Gasteiger partial charge in [0.15, 0.2) is 11.5 Å². The number of nitrogens with one attached hydrogen (secondary N) is 1. The van der Waals surface area contributed by atoms with E-state index in [0.29, 0.717) is 17.8 Å². The quantitative estimate of drug-likeness (QED) is 0.493. The van der Waals surface area contributed by atoms with Crippen LogP contribution in [0.15, 0.2) is 36.0 Å². The zero-order chi connectivity index (χ0) is 24.1. The minimum absolute atomic E-state index is 0.0626. The van der Waals surface area contributed by atoms with E-state index < -0.39 is 23.1 Å². The number of rotatable bonds is 5. The third-order valence-electron chi connectivity index (χ3n) is 5.99. The van der Waals surface area contributed by atoms with Crippen LogP contribution in [0.2, 0.25) is 5.02 Å². The highest BCUT2D eigenvalue weighted by atomic mass is 35.5. The van der Waals surface area contributed by atoms with Gasteiger partial charge in [-0.25, -0.2) is 0 Å². The second-order valence-corrected chi connectivity index (χ2v) is 8.40. The highest BCUT2D eigenvalue weighted by Crippen LogP contribution is 2.53. The molecule has 0 radical (unpaired) electrons. The predicted molar refractivity (Wildman–Crippen MR) is 121 cm³/mol. The first kappa shape index (κ1) is 22.7. The standard InChI is InChI=1S/C24H22ClNO7/c1-11-7-14(26-13-5-6-15(12(2)27)16(28)8-13)9-19(29)24(11)23(30)20-17(31-3)10-18(32-4)21(25)22(20)33-24/h5-6,8-11,26,28H,7H2,1-4H3/t11-,24+/m1/s1. The van der Waals surface area contributed by atoms with Crippen LogP contribution in [0, 0.1) is 5.92 Å². The van der Waals surface area contributed by atoms with Gasteiger partial charge in [-0.3, -0.25) is 14.4 Å². The number of hydrogen-bond acceptors (Lipinski definition) is 8. The van der Waals surface area contributed by atoms with Gasteiger partial charge in [0.05, 0.1) is 19.8 Å². The Morgan fingerprint density at radius 3 is 2.48 bits per heavy atom. The molecule has 0 saturated heterocycles. The molecular formula is C24H22ClNO7. The molecule has 2 aromatic rings. The summed E-state index contributed by atoms with van der Waals surface area (Å²) in [5.74, 6) is -1.49. The van der Waals surface area contributed by atoms with Crippen LogP contribution in [0.5, 0.6) is 23.0 Å². The molecular weight excluding hydrogens is 450 g/mol. The number of fused-ring (bicyclic) bond motifs is 1. The van der Waals surface area contributed by atoms with E-state index >= 15 is 0 Å². The predicted octanol–water partition coefficient (Wildman–Crippen LogP) is 4.18. The van der Waals surface area contributed by atoms with Crippen molar-refractivity contribution in [3.05, 3.63) is 52.2 Å². The summed E-state index contributed by atoms with van der Waals surface area (Å²) >= 11 is 6.39. The monoisotopic (exact) mass is 471 g/mol. The number of phenolic OH excluding ortho intramolecular Hbond substituents is 1. The van der Waals surface area contributed by atoms with Crippen molar-refractivity contribution in [2.24, 2.45) is 5.92 Å². The summed E-state index contributed by atoms with van der Waals surface area (Å²) in [5.41, 5.74) is -0.423. The van der Waals surface area contributed by atoms with Gasteiger partial charge in [-0.1, -0.05) is 18.5 Å². The van der Waals surface area contributed by atoms with E-state index in [-0.39, 0.29) is 44.9 Å². The molecule has 9 heteroatoms. The lowest BCUT2D eigenvalue weighted by Gasteiger charge is -2.35. The molecule has 1 aliphatic heterocycles. The number of methoxy groups -OCH3 is 2. The van der Waals surface area contributed by atoms with Crippen molar-refractivity contribution in [2.75, 3.05) is 19.5 Å². The van der Waals surface area contributed by atoms with Crippen LogP contribution in [0.25, 0.3) is 0 Å². The van der Waals surface area contributed by atoms with Crippen molar-refractivity contribution in [1.82, 2.24) is 0 Å². The Balaban J connectivity index is 1.68. The lowest BCUT2D eigenvalue weighted by molar-refractivity contribution is -0.129. The second-order valence-electron chi connectivity index (χ2n) is 8.02. The number of ether oxygens (including phenoxy) is 3. The molecule has 0 amide bonds. The summed E-state index contributed by atoms with van der Waals surface area (Å²) in [6.07, 6.45) is 1.62. The lowest BCUT2D eigenvalue weighted by atomic mass is 9.74. The van der Waals surface area contributed by atoms with E-state index in [1.165, 1.54) is 45.4 Å². The van der Waals surface area contributed by atoms with E-state index in [2.05, 4.69) is 5.32 Å². The summed E-state index contributed by atoms with van der Waals surface area (Å²) < 4.78 is 16.6. The van der Waals surface area contributed by atoms with Gasteiger partial charge in [-0.15, -0.1) is 0 Å². The van der Waals surface area contributed by atoms with Crippen LogP contribution in [0.1, 0.15) is 41.0 Å². The summed E-state index contributed by atoms with van der Waals surface area (Å²) in [5, 5.41) is 13.2. The average molecular weight is 472 g/mol. The Kier molecular flexibility index (Phi) is 5.57. The third-order valence-corrected chi connectivity index (χ3v) is 6.35. The molecule has 4 rings (SSSR count). The van der Waals surface area contributed by atoms with E-state index in [1.807, 2.05) is 0 Å². The first-order valence-corrected chi connectivity index (χ1v) is 10.6. The maximum atomic E-state index is 13.5. The topological polar surface area (TPSA) is 111 Å². The summed E-state index contributed by atoms with van der Waals surface area (Å²) in [6, 6.07) is 6.01. The zero-order valence-electron chi connectivity index (χ0n) is 18.4. The maximum absolute atomic E-state index is 13.5. The molecule has 0 aromatic heterocycles. The number of benzene rings is 2. The third kappa shape index (κ3) is 3.41. The molecule has 1 heterocycles. The van der Waals surface area contributed by atoms with Crippen molar-refractivity contribution in [3.63, 3.8) is 0 Å². The van der Waals surface area contributed by atoms with E-state index in [4.69, 9.17) is 25.8 Å². The molecule has 0 fully saturated rings. The molecule has 172 valence electrons. The number of phenols is 1. The minimum atomic E-state index is -1.77. The van der Waals surface area contributed by atoms with Crippen molar-refractivity contribution in [1.29, 1.82) is 0 Å². The maximum Gasteiger partial charge on any atom is 0.236 e. The van der Waals surface area contributed by atoms with Crippen LogP contribution in [0.4, 0.5) is 5.69 Å². The Morgan fingerprint density at radius 2 is 1.91 bits per heavy atom. The normalized spacial score (nSPS) is 21.4. The Labute approximate surface area is 195 Å². The lowest BCUT2D eigenvalue weighted by Crippen LogP contribution is -2.55. The van der Waals surface area contributed by atoms with Crippen LogP contribution in [-0.2, 0) is 4.79 Å². The van der Waals surface area contributed by atoms with E-state index in [9.17, 15) is 19.5 Å². The number of ketones is 3. The Bertz CT molecular complexity index is 1240. The molecule has 2 aliphatic rings. The Morgan fingerprint density at radius 1 is 1.21 bits per heavy atom. The molecule has 0 unspecified atom stereocenters. The Hall–Kier alpha value is -3.52. The van der Waals surface area contributed by atoms with Gasteiger partial charge in [0.1, 0.15) is 27.8 Å². The zero-order valence-corrected chi connectivity index (χ0v) is 19.2. The molecule has 2 N–H and O–H groups in total. The summed E-state index contributed by atoms with van der Waals surface area (Å²) in [6.45, 7) is 3.10. The average Bonchev–Trinajstić information content (AvgIpc) is 3.07. The fraction of sp³-hybridized carbons (Fsp3) is 0.292. The molecule has 0 bridgehead atoms. The largest absolute Gasteiger partial charge is 0.507 e. The number of Topliss-reactive ketones (excluding diaryl/α,β-unsaturated/α-hetero) is 2. The molecule has 1 aliphatic carbocycles. The van der Waals surface area contributed by atoms with E-state index in [1.54, 1.807) is 13.0 Å². The van der Waals surface area contributed by atoms with E-state index in [0.717, 1.165) is 0 Å². The molecule has 33 heavy (non-hydrogen) atoms. The van der Waals surface area contributed by atoms with Gasteiger partial charge in [0, 0.05) is 35.5 Å². The van der Waals surface area contributed by atoms with Gasteiger partial charge < -0.3 is 24.6 Å². The highest BCUT2D eigenvalue weighted by molar-refractivity contribution is 6.36.